The molecule has 0 aromatic heterocycles. The van der Waals surface area contributed by atoms with Crippen molar-refractivity contribution in [2.45, 2.75) is 19.3 Å². The van der Waals surface area contributed by atoms with E-state index < -0.39 is 11.9 Å². The first-order valence-electron chi connectivity index (χ1n) is 7.80. The Morgan fingerprint density at radius 1 is 1.39 bits per heavy atom. The fraction of sp³-hybridized carbons (Fsp3) is 0.529. The molecular formula is C17H23NO5. The fourth-order valence-corrected chi connectivity index (χ4v) is 2.83. The lowest BCUT2D eigenvalue weighted by Crippen LogP contribution is -2.39. The van der Waals surface area contributed by atoms with Crippen LogP contribution in [0.1, 0.15) is 18.4 Å². The zero-order valence-corrected chi connectivity index (χ0v) is 13.3. The van der Waals surface area contributed by atoms with Crippen LogP contribution in [-0.2, 0) is 20.7 Å². The van der Waals surface area contributed by atoms with E-state index in [1.54, 1.807) is 13.2 Å². The highest BCUT2D eigenvalue weighted by atomic mass is 16.5. The predicted octanol–water partition coefficient (Wildman–Crippen LogP) is 1.48. The van der Waals surface area contributed by atoms with Crippen molar-refractivity contribution in [3.8, 4) is 5.75 Å². The van der Waals surface area contributed by atoms with Gasteiger partial charge in [0.15, 0.2) is 0 Å². The largest absolute Gasteiger partial charge is 0.497 e. The topological polar surface area (TPSA) is 84.9 Å². The Balaban J connectivity index is 1.86. The van der Waals surface area contributed by atoms with Crippen LogP contribution in [-0.4, -0.2) is 43.9 Å². The highest BCUT2D eigenvalue weighted by Crippen LogP contribution is 2.23. The number of hydrogen-bond acceptors (Lipinski definition) is 4. The van der Waals surface area contributed by atoms with Crippen molar-refractivity contribution in [1.29, 1.82) is 0 Å². The summed E-state index contributed by atoms with van der Waals surface area (Å²) in [6.07, 6.45) is 1.66. The van der Waals surface area contributed by atoms with Gasteiger partial charge < -0.3 is 19.9 Å². The molecule has 1 fully saturated rings. The molecule has 0 saturated carbocycles. The maximum Gasteiger partial charge on any atom is 0.308 e. The molecule has 1 aromatic rings. The van der Waals surface area contributed by atoms with Crippen LogP contribution < -0.4 is 10.1 Å². The average molecular weight is 321 g/mol. The number of methoxy groups -OCH3 is 1. The number of carbonyl (C=O) groups excluding carboxylic acids is 1. The maximum atomic E-state index is 12.1. The van der Waals surface area contributed by atoms with Gasteiger partial charge in [-0.25, -0.2) is 0 Å². The first-order chi connectivity index (χ1) is 11.1. The van der Waals surface area contributed by atoms with Gasteiger partial charge in [0.25, 0.3) is 0 Å². The Bertz CT molecular complexity index is 540. The number of aliphatic carboxylic acids is 1. The molecule has 126 valence electrons. The quantitative estimate of drug-likeness (QED) is 0.794. The zero-order valence-electron chi connectivity index (χ0n) is 13.3. The van der Waals surface area contributed by atoms with Crippen LogP contribution in [0.4, 0.5) is 0 Å². The molecule has 2 N–H and O–H groups in total. The molecule has 1 amide bonds. The molecule has 1 saturated heterocycles. The van der Waals surface area contributed by atoms with Gasteiger partial charge in [-0.3, -0.25) is 9.59 Å². The maximum absolute atomic E-state index is 12.1. The van der Waals surface area contributed by atoms with E-state index in [9.17, 15) is 14.7 Å². The van der Waals surface area contributed by atoms with Gasteiger partial charge in [-0.2, -0.15) is 0 Å². The predicted molar refractivity (Wildman–Crippen MR) is 84.4 cm³/mol. The van der Waals surface area contributed by atoms with Crippen molar-refractivity contribution in [2.75, 3.05) is 26.9 Å². The molecule has 6 nitrogen and oxygen atoms in total. The van der Waals surface area contributed by atoms with Crippen molar-refractivity contribution < 1.29 is 24.2 Å². The lowest BCUT2D eigenvalue weighted by molar-refractivity contribution is -0.144. The summed E-state index contributed by atoms with van der Waals surface area (Å²) in [6.45, 7) is 1.33. The number of rotatable bonds is 7. The second-order valence-corrected chi connectivity index (χ2v) is 5.73. The smallest absolute Gasteiger partial charge is 0.308 e. The molecule has 0 spiro atoms. The highest BCUT2D eigenvalue weighted by molar-refractivity contribution is 5.79. The molecule has 6 heteroatoms. The normalized spacial score (nSPS) is 16.6. The van der Waals surface area contributed by atoms with E-state index in [1.807, 2.05) is 18.2 Å². The number of carboxylic acids is 1. The van der Waals surface area contributed by atoms with Crippen LogP contribution in [0.2, 0.25) is 0 Å². The molecule has 0 radical (unpaired) electrons. The minimum Gasteiger partial charge on any atom is -0.497 e. The van der Waals surface area contributed by atoms with Gasteiger partial charge in [-0.1, -0.05) is 12.1 Å². The molecule has 1 unspecified atom stereocenters. The Labute approximate surface area is 135 Å². The summed E-state index contributed by atoms with van der Waals surface area (Å²) in [4.78, 5) is 23.5. The monoisotopic (exact) mass is 321 g/mol. The molecule has 1 aliphatic heterocycles. The summed E-state index contributed by atoms with van der Waals surface area (Å²) < 4.78 is 10.4. The molecule has 1 aromatic carbocycles. The number of benzene rings is 1. The van der Waals surface area contributed by atoms with Gasteiger partial charge in [-0.15, -0.1) is 0 Å². The van der Waals surface area contributed by atoms with Crippen LogP contribution in [0.5, 0.6) is 5.75 Å². The number of hydrogen-bond donors (Lipinski definition) is 2. The van der Waals surface area contributed by atoms with Crippen molar-refractivity contribution in [3.63, 3.8) is 0 Å². The molecule has 0 aliphatic carbocycles. The summed E-state index contributed by atoms with van der Waals surface area (Å²) >= 11 is 0. The van der Waals surface area contributed by atoms with Gasteiger partial charge in [0.05, 0.1) is 19.4 Å². The van der Waals surface area contributed by atoms with Gasteiger partial charge in [0, 0.05) is 19.8 Å². The minimum atomic E-state index is -0.862. The van der Waals surface area contributed by atoms with Crippen LogP contribution in [0.15, 0.2) is 24.3 Å². The zero-order chi connectivity index (χ0) is 16.7. The Morgan fingerprint density at radius 3 is 2.78 bits per heavy atom. The summed E-state index contributed by atoms with van der Waals surface area (Å²) in [7, 11) is 1.57. The number of nitrogens with one attached hydrogen (secondary N) is 1. The Hall–Kier alpha value is -2.08. The van der Waals surface area contributed by atoms with E-state index in [4.69, 9.17) is 9.47 Å². The van der Waals surface area contributed by atoms with Crippen molar-refractivity contribution in [2.24, 2.45) is 11.8 Å². The van der Waals surface area contributed by atoms with E-state index in [-0.39, 0.29) is 24.8 Å². The second-order valence-electron chi connectivity index (χ2n) is 5.73. The lowest BCUT2D eigenvalue weighted by atomic mass is 9.86. The van der Waals surface area contributed by atoms with E-state index in [0.29, 0.717) is 19.0 Å². The Kier molecular flexibility index (Phi) is 6.40. The fourth-order valence-electron chi connectivity index (χ4n) is 2.83. The molecular weight excluding hydrogens is 298 g/mol. The third-order valence-corrected chi connectivity index (χ3v) is 4.17. The summed E-state index contributed by atoms with van der Waals surface area (Å²) in [5, 5.41) is 12.1. The molecule has 23 heavy (non-hydrogen) atoms. The van der Waals surface area contributed by atoms with Crippen molar-refractivity contribution >= 4 is 11.9 Å². The van der Waals surface area contributed by atoms with E-state index in [1.165, 1.54) is 0 Å². The number of amides is 1. The number of carboxylic acid groups (broad SMARTS) is 1. The third kappa shape index (κ3) is 5.25. The van der Waals surface area contributed by atoms with E-state index in [0.717, 1.165) is 18.4 Å². The van der Waals surface area contributed by atoms with Gasteiger partial charge in [0.1, 0.15) is 5.75 Å². The van der Waals surface area contributed by atoms with Crippen LogP contribution in [0.3, 0.4) is 0 Å². The molecule has 1 heterocycles. The summed E-state index contributed by atoms with van der Waals surface area (Å²) in [5.74, 6) is -0.859. The van der Waals surface area contributed by atoms with Crippen LogP contribution in [0.25, 0.3) is 0 Å². The van der Waals surface area contributed by atoms with Crippen molar-refractivity contribution in [1.82, 2.24) is 5.32 Å². The lowest BCUT2D eigenvalue weighted by Gasteiger charge is -2.27. The van der Waals surface area contributed by atoms with Crippen LogP contribution >= 0.6 is 0 Å². The van der Waals surface area contributed by atoms with Gasteiger partial charge >= 0.3 is 5.97 Å². The van der Waals surface area contributed by atoms with Gasteiger partial charge in [0.2, 0.25) is 5.91 Å². The third-order valence-electron chi connectivity index (χ3n) is 4.17. The molecule has 0 bridgehead atoms. The molecule has 2 rings (SSSR count). The number of ether oxygens (including phenoxy) is 2. The second kappa shape index (κ2) is 8.53. The van der Waals surface area contributed by atoms with E-state index in [2.05, 4.69) is 5.32 Å². The summed E-state index contributed by atoms with van der Waals surface area (Å²) in [5.41, 5.74) is 0.833. The van der Waals surface area contributed by atoms with Crippen molar-refractivity contribution in [3.05, 3.63) is 29.8 Å². The SMILES string of the molecule is COc1cccc(CC(=O)NCC(C(=O)O)C2CCOCC2)c1. The number of carbonyl (C=O) groups is 2. The van der Waals surface area contributed by atoms with Crippen LogP contribution in [0, 0.1) is 11.8 Å². The van der Waals surface area contributed by atoms with Gasteiger partial charge in [-0.05, 0) is 36.5 Å². The Morgan fingerprint density at radius 2 is 2.13 bits per heavy atom. The average Bonchev–Trinajstić information content (AvgIpc) is 2.56. The summed E-state index contributed by atoms with van der Waals surface area (Å²) in [6, 6.07) is 7.28. The first-order valence-corrected chi connectivity index (χ1v) is 7.80. The highest BCUT2D eigenvalue weighted by Gasteiger charge is 2.29. The molecule has 1 atom stereocenters. The molecule has 1 aliphatic rings. The van der Waals surface area contributed by atoms with E-state index >= 15 is 0 Å². The standard InChI is InChI=1S/C17H23NO5/c1-22-14-4-2-3-12(9-14)10-16(19)18-11-15(17(20)21)13-5-7-23-8-6-13/h2-4,9,13,15H,5-8,10-11H2,1H3,(H,18,19)(H,20,21). The minimum absolute atomic E-state index is 0.0540. The first kappa shape index (κ1) is 17.3.